The Balaban J connectivity index is 1.73. The highest BCUT2D eigenvalue weighted by Gasteiger charge is 2.03. The fraction of sp³-hybridized carbons (Fsp3) is 0.368. The topological polar surface area (TPSA) is 33.3 Å². The van der Waals surface area contributed by atoms with Gasteiger partial charge in [0.25, 0.3) is 0 Å². The summed E-state index contributed by atoms with van der Waals surface area (Å²) in [6.45, 7) is 6.53. The van der Waals surface area contributed by atoms with Gasteiger partial charge in [0, 0.05) is 22.2 Å². The molecule has 0 bridgehead atoms. The standard InChI is InChI=1S/C19H24Cl2N2O/c1-2-22-10-3-11-23-13-15-4-8-18(9-5-15)24-14-16-6-7-17(20)12-19(16)21/h4-9,12,22-23H,2-3,10-11,13-14H2,1H3. The highest BCUT2D eigenvalue weighted by atomic mass is 35.5. The summed E-state index contributed by atoms with van der Waals surface area (Å²) in [6.07, 6.45) is 1.14. The van der Waals surface area contributed by atoms with Gasteiger partial charge in [0.15, 0.2) is 0 Å². The Morgan fingerprint density at radius 2 is 1.71 bits per heavy atom. The van der Waals surface area contributed by atoms with Crippen molar-refractivity contribution in [2.24, 2.45) is 0 Å². The maximum Gasteiger partial charge on any atom is 0.119 e. The summed E-state index contributed by atoms with van der Waals surface area (Å²) in [7, 11) is 0. The van der Waals surface area contributed by atoms with Crippen LogP contribution < -0.4 is 15.4 Å². The predicted molar refractivity (Wildman–Crippen MR) is 102 cm³/mol. The van der Waals surface area contributed by atoms with Gasteiger partial charge in [0.2, 0.25) is 0 Å². The summed E-state index contributed by atoms with van der Waals surface area (Å²) in [5.74, 6) is 0.830. The first-order chi connectivity index (χ1) is 11.7. The molecule has 0 radical (unpaired) electrons. The van der Waals surface area contributed by atoms with E-state index in [1.165, 1.54) is 5.56 Å². The Labute approximate surface area is 154 Å². The number of nitrogens with one attached hydrogen (secondary N) is 2. The predicted octanol–water partition coefficient (Wildman–Crippen LogP) is 4.66. The lowest BCUT2D eigenvalue weighted by atomic mass is 10.2. The molecule has 0 amide bonds. The third kappa shape index (κ3) is 6.70. The summed E-state index contributed by atoms with van der Waals surface area (Å²) in [5, 5.41) is 8.01. The van der Waals surface area contributed by atoms with Gasteiger partial charge in [-0.2, -0.15) is 0 Å². The van der Waals surface area contributed by atoms with Crippen LogP contribution in [0.2, 0.25) is 10.0 Å². The molecule has 0 saturated carbocycles. The van der Waals surface area contributed by atoms with Crippen LogP contribution in [0.1, 0.15) is 24.5 Å². The lowest BCUT2D eigenvalue weighted by Gasteiger charge is -2.09. The number of rotatable bonds is 10. The number of halogens is 2. The molecule has 130 valence electrons. The minimum Gasteiger partial charge on any atom is -0.489 e. The molecule has 0 heterocycles. The SMILES string of the molecule is CCNCCCNCc1ccc(OCc2ccc(Cl)cc2Cl)cc1. The van der Waals surface area contributed by atoms with Crippen molar-refractivity contribution < 1.29 is 4.74 Å². The number of hydrogen-bond donors (Lipinski definition) is 2. The second kappa shape index (κ2) is 10.6. The third-order valence-electron chi connectivity index (χ3n) is 3.62. The molecule has 2 aromatic carbocycles. The maximum atomic E-state index is 6.15. The van der Waals surface area contributed by atoms with Crippen LogP contribution in [0, 0.1) is 0 Å². The van der Waals surface area contributed by atoms with Crippen molar-refractivity contribution in [3.8, 4) is 5.75 Å². The van der Waals surface area contributed by atoms with Gasteiger partial charge in [-0.05, 0) is 55.9 Å². The van der Waals surface area contributed by atoms with Crippen molar-refractivity contribution in [3.05, 3.63) is 63.6 Å². The van der Waals surface area contributed by atoms with Gasteiger partial charge in [-0.15, -0.1) is 0 Å². The molecular weight excluding hydrogens is 343 g/mol. The van der Waals surface area contributed by atoms with E-state index in [2.05, 4.69) is 29.7 Å². The maximum absolute atomic E-state index is 6.15. The van der Waals surface area contributed by atoms with Crippen molar-refractivity contribution in [1.82, 2.24) is 10.6 Å². The largest absolute Gasteiger partial charge is 0.489 e. The van der Waals surface area contributed by atoms with E-state index in [1.54, 1.807) is 6.07 Å². The Morgan fingerprint density at radius 1 is 0.958 bits per heavy atom. The molecule has 0 unspecified atom stereocenters. The molecule has 24 heavy (non-hydrogen) atoms. The van der Waals surface area contributed by atoms with Crippen LogP contribution in [0.25, 0.3) is 0 Å². The Kier molecular flexibility index (Phi) is 8.40. The minimum atomic E-state index is 0.429. The Hall–Kier alpha value is -1.26. The summed E-state index contributed by atoms with van der Waals surface area (Å²) in [4.78, 5) is 0. The van der Waals surface area contributed by atoms with Crippen LogP contribution in [0.3, 0.4) is 0 Å². The van der Waals surface area contributed by atoms with Crippen molar-refractivity contribution in [2.45, 2.75) is 26.5 Å². The first-order valence-electron chi connectivity index (χ1n) is 8.26. The van der Waals surface area contributed by atoms with E-state index < -0.39 is 0 Å². The van der Waals surface area contributed by atoms with Crippen LogP contribution in [-0.2, 0) is 13.2 Å². The molecule has 0 atom stereocenters. The summed E-state index contributed by atoms with van der Waals surface area (Å²) in [6, 6.07) is 13.6. The zero-order valence-corrected chi connectivity index (χ0v) is 15.5. The minimum absolute atomic E-state index is 0.429. The fourth-order valence-corrected chi connectivity index (χ4v) is 2.71. The van der Waals surface area contributed by atoms with Crippen LogP contribution in [0.5, 0.6) is 5.75 Å². The number of ether oxygens (including phenoxy) is 1. The first-order valence-corrected chi connectivity index (χ1v) is 9.01. The second-order valence-electron chi connectivity index (χ2n) is 5.55. The highest BCUT2D eigenvalue weighted by molar-refractivity contribution is 6.35. The van der Waals surface area contributed by atoms with Gasteiger partial charge < -0.3 is 15.4 Å². The number of hydrogen-bond acceptors (Lipinski definition) is 3. The first kappa shape index (κ1) is 19.1. The van der Waals surface area contributed by atoms with Gasteiger partial charge in [-0.3, -0.25) is 0 Å². The zero-order valence-electron chi connectivity index (χ0n) is 13.9. The molecule has 0 aliphatic rings. The van der Waals surface area contributed by atoms with Gasteiger partial charge in [-0.1, -0.05) is 48.3 Å². The summed E-state index contributed by atoms with van der Waals surface area (Å²) < 4.78 is 5.78. The monoisotopic (exact) mass is 366 g/mol. The molecule has 3 nitrogen and oxygen atoms in total. The molecule has 2 N–H and O–H groups in total. The van der Waals surface area contributed by atoms with E-state index in [1.807, 2.05) is 24.3 Å². The molecule has 2 rings (SSSR count). The molecule has 0 aliphatic carbocycles. The van der Waals surface area contributed by atoms with E-state index in [0.717, 1.165) is 43.9 Å². The zero-order chi connectivity index (χ0) is 17.2. The van der Waals surface area contributed by atoms with E-state index in [4.69, 9.17) is 27.9 Å². The van der Waals surface area contributed by atoms with Gasteiger partial charge in [-0.25, -0.2) is 0 Å². The average molecular weight is 367 g/mol. The molecular formula is C19H24Cl2N2O. The Morgan fingerprint density at radius 3 is 2.42 bits per heavy atom. The van der Waals surface area contributed by atoms with Crippen LogP contribution in [0.4, 0.5) is 0 Å². The van der Waals surface area contributed by atoms with Crippen molar-refractivity contribution >= 4 is 23.2 Å². The molecule has 0 saturated heterocycles. The highest BCUT2D eigenvalue weighted by Crippen LogP contribution is 2.22. The molecule has 0 aliphatic heterocycles. The van der Waals surface area contributed by atoms with Crippen LogP contribution >= 0.6 is 23.2 Å². The van der Waals surface area contributed by atoms with E-state index in [9.17, 15) is 0 Å². The van der Waals surface area contributed by atoms with Crippen LogP contribution in [0.15, 0.2) is 42.5 Å². The van der Waals surface area contributed by atoms with Gasteiger partial charge in [0.1, 0.15) is 12.4 Å². The van der Waals surface area contributed by atoms with Gasteiger partial charge in [0.05, 0.1) is 0 Å². The normalized spacial score (nSPS) is 10.8. The van der Waals surface area contributed by atoms with Crippen molar-refractivity contribution in [3.63, 3.8) is 0 Å². The lowest BCUT2D eigenvalue weighted by molar-refractivity contribution is 0.306. The molecule has 0 spiro atoms. The number of benzene rings is 2. The molecule has 0 fully saturated rings. The molecule has 2 aromatic rings. The summed E-state index contributed by atoms with van der Waals surface area (Å²) >= 11 is 12.0. The quantitative estimate of drug-likeness (QED) is 0.599. The van der Waals surface area contributed by atoms with Crippen LogP contribution in [-0.4, -0.2) is 19.6 Å². The third-order valence-corrected chi connectivity index (χ3v) is 4.21. The lowest BCUT2D eigenvalue weighted by Crippen LogP contribution is -2.21. The second-order valence-corrected chi connectivity index (χ2v) is 6.40. The molecule has 5 heteroatoms. The van der Waals surface area contributed by atoms with E-state index in [0.29, 0.717) is 16.7 Å². The fourth-order valence-electron chi connectivity index (χ4n) is 2.25. The van der Waals surface area contributed by atoms with Gasteiger partial charge >= 0.3 is 0 Å². The van der Waals surface area contributed by atoms with E-state index in [-0.39, 0.29) is 0 Å². The van der Waals surface area contributed by atoms with Crippen molar-refractivity contribution in [2.75, 3.05) is 19.6 Å². The van der Waals surface area contributed by atoms with Crippen molar-refractivity contribution in [1.29, 1.82) is 0 Å². The smallest absolute Gasteiger partial charge is 0.119 e. The average Bonchev–Trinajstić information content (AvgIpc) is 2.58. The Bertz CT molecular complexity index is 617. The van der Waals surface area contributed by atoms with E-state index >= 15 is 0 Å². The summed E-state index contributed by atoms with van der Waals surface area (Å²) in [5.41, 5.74) is 2.17. The molecule has 0 aromatic heterocycles.